The number of carbonyl (C=O) groups excluding carboxylic acids is 1. The molecular weight excluding hydrogens is 443 g/mol. The van der Waals surface area contributed by atoms with Crippen molar-refractivity contribution in [2.24, 2.45) is 0 Å². The van der Waals surface area contributed by atoms with Gasteiger partial charge in [0.05, 0.1) is 23.3 Å². The third kappa shape index (κ3) is 4.79. The van der Waals surface area contributed by atoms with Gasteiger partial charge in [0.1, 0.15) is 11.9 Å². The summed E-state index contributed by atoms with van der Waals surface area (Å²) in [6.45, 7) is 2.45. The summed E-state index contributed by atoms with van der Waals surface area (Å²) in [5.41, 5.74) is 3.37. The minimum Gasteiger partial charge on any atom is -0.349 e. The summed E-state index contributed by atoms with van der Waals surface area (Å²) in [5.74, 6) is 0.694. The average molecular weight is 467 g/mol. The summed E-state index contributed by atoms with van der Waals surface area (Å²) in [4.78, 5) is 22.5. The number of halogens is 2. The smallest absolute Gasteiger partial charge is 0.243 e. The van der Waals surface area contributed by atoms with Gasteiger partial charge in [0.15, 0.2) is 0 Å². The Bertz CT molecular complexity index is 1200. The lowest BCUT2D eigenvalue weighted by molar-refractivity contribution is -0.124. The monoisotopic (exact) mass is 466 g/mol. The van der Waals surface area contributed by atoms with Gasteiger partial charge >= 0.3 is 0 Å². The molecule has 2 aromatic heterocycles. The zero-order valence-electron chi connectivity index (χ0n) is 17.8. The van der Waals surface area contributed by atoms with E-state index in [4.69, 9.17) is 28.2 Å². The number of rotatable bonds is 8. The van der Waals surface area contributed by atoms with Gasteiger partial charge in [0.2, 0.25) is 5.91 Å². The normalized spacial score (nSPS) is 12.1. The molecule has 32 heavy (non-hydrogen) atoms. The second kappa shape index (κ2) is 10.2. The van der Waals surface area contributed by atoms with Crippen LogP contribution in [0, 0.1) is 0 Å². The molecule has 0 aliphatic heterocycles. The fourth-order valence-electron chi connectivity index (χ4n) is 3.88. The highest BCUT2D eigenvalue weighted by atomic mass is 35.5. The summed E-state index contributed by atoms with van der Waals surface area (Å²) in [7, 11) is 0. The van der Waals surface area contributed by atoms with Gasteiger partial charge in [-0.05, 0) is 48.4 Å². The number of imidazole rings is 1. The Morgan fingerprint density at radius 2 is 1.78 bits per heavy atom. The van der Waals surface area contributed by atoms with E-state index in [9.17, 15) is 4.79 Å². The molecule has 0 bridgehead atoms. The molecule has 2 aromatic carbocycles. The van der Waals surface area contributed by atoms with Gasteiger partial charge < -0.3 is 9.88 Å². The standard InChI is InChI=1S/C25H24Cl2N4O/c1-2-8-23(25(32)29-16-17-9-5-6-14-28-17)31-22-13-4-3-12-21(22)30-24(31)15-18-19(26)10-7-11-20(18)27/h3-7,9-14,23H,2,8,15-16H2,1H3,(H,29,32). The molecule has 0 aliphatic rings. The molecule has 0 aliphatic carbocycles. The van der Waals surface area contributed by atoms with E-state index in [1.165, 1.54) is 0 Å². The lowest BCUT2D eigenvalue weighted by Gasteiger charge is -2.21. The number of pyridine rings is 1. The highest BCUT2D eigenvalue weighted by Crippen LogP contribution is 2.30. The van der Waals surface area contributed by atoms with Crippen LogP contribution in [0.3, 0.4) is 0 Å². The summed E-state index contributed by atoms with van der Waals surface area (Å²) in [6, 6.07) is 18.6. The Morgan fingerprint density at radius 3 is 2.50 bits per heavy atom. The third-order valence-electron chi connectivity index (χ3n) is 5.41. The van der Waals surface area contributed by atoms with Gasteiger partial charge in [-0.1, -0.05) is 60.8 Å². The van der Waals surface area contributed by atoms with Crippen molar-refractivity contribution in [3.63, 3.8) is 0 Å². The molecule has 4 aromatic rings. The first-order chi connectivity index (χ1) is 15.6. The molecule has 5 nitrogen and oxygen atoms in total. The van der Waals surface area contributed by atoms with Crippen molar-refractivity contribution in [2.45, 2.75) is 38.8 Å². The van der Waals surface area contributed by atoms with Crippen molar-refractivity contribution < 1.29 is 4.79 Å². The molecule has 1 amide bonds. The maximum Gasteiger partial charge on any atom is 0.243 e. The van der Waals surface area contributed by atoms with Crippen LogP contribution in [0.4, 0.5) is 0 Å². The molecule has 1 atom stereocenters. The van der Waals surface area contributed by atoms with Crippen LogP contribution in [0.5, 0.6) is 0 Å². The molecular formula is C25H24Cl2N4O. The van der Waals surface area contributed by atoms with Gasteiger partial charge in [-0.3, -0.25) is 9.78 Å². The maximum absolute atomic E-state index is 13.3. The van der Waals surface area contributed by atoms with Crippen LogP contribution in [0.2, 0.25) is 10.0 Å². The van der Waals surface area contributed by atoms with Crippen LogP contribution in [-0.2, 0) is 17.8 Å². The van der Waals surface area contributed by atoms with E-state index in [0.29, 0.717) is 29.4 Å². The molecule has 2 heterocycles. The van der Waals surface area contributed by atoms with E-state index in [1.807, 2.05) is 65.2 Å². The second-order valence-corrected chi connectivity index (χ2v) is 8.42. The molecule has 0 saturated carbocycles. The van der Waals surface area contributed by atoms with Gasteiger partial charge in [-0.15, -0.1) is 0 Å². The summed E-state index contributed by atoms with van der Waals surface area (Å²) in [6.07, 6.45) is 3.68. The number of hydrogen-bond donors (Lipinski definition) is 1. The maximum atomic E-state index is 13.3. The highest BCUT2D eigenvalue weighted by Gasteiger charge is 2.25. The number of carbonyl (C=O) groups is 1. The minimum atomic E-state index is -0.410. The molecule has 164 valence electrons. The zero-order chi connectivity index (χ0) is 22.5. The molecule has 0 saturated heterocycles. The van der Waals surface area contributed by atoms with Crippen LogP contribution < -0.4 is 5.32 Å². The van der Waals surface area contributed by atoms with Crippen molar-refractivity contribution in [3.05, 3.63) is 94.0 Å². The number of aromatic nitrogens is 3. The number of para-hydroxylation sites is 2. The predicted molar refractivity (Wildman–Crippen MR) is 129 cm³/mol. The highest BCUT2D eigenvalue weighted by molar-refractivity contribution is 6.36. The number of benzene rings is 2. The number of fused-ring (bicyclic) bond motifs is 1. The number of amides is 1. The van der Waals surface area contributed by atoms with Gasteiger partial charge in [0, 0.05) is 22.7 Å². The van der Waals surface area contributed by atoms with Crippen molar-refractivity contribution in [2.75, 3.05) is 0 Å². The van der Waals surface area contributed by atoms with Crippen molar-refractivity contribution >= 4 is 40.1 Å². The Balaban J connectivity index is 1.72. The molecule has 4 rings (SSSR count). The van der Waals surface area contributed by atoms with E-state index in [-0.39, 0.29) is 5.91 Å². The second-order valence-electron chi connectivity index (χ2n) is 7.61. The Morgan fingerprint density at radius 1 is 1.03 bits per heavy atom. The zero-order valence-corrected chi connectivity index (χ0v) is 19.3. The van der Waals surface area contributed by atoms with Crippen LogP contribution in [-0.4, -0.2) is 20.4 Å². The first-order valence-corrected chi connectivity index (χ1v) is 11.4. The topological polar surface area (TPSA) is 59.8 Å². The quantitative estimate of drug-likeness (QED) is 0.347. The molecule has 7 heteroatoms. The van der Waals surface area contributed by atoms with E-state index < -0.39 is 6.04 Å². The van der Waals surface area contributed by atoms with Crippen LogP contribution >= 0.6 is 23.2 Å². The number of nitrogens with zero attached hydrogens (tertiary/aromatic N) is 3. The minimum absolute atomic E-state index is 0.0628. The Kier molecular flexibility index (Phi) is 7.08. The van der Waals surface area contributed by atoms with Gasteiger partial charge in [-0.25, -0.2) is 4.98 Å². The van der Waals surface area contributed by atoms with Crippen molar-refractivity contribution in [1.29, 1.82) is 0 Å². The summed E-state index contributed by atoms with van der Waals surface area (Å²) in [5, 5.41) is 4.22. The van der Waals surface area contributed by atoms with E-state index in [0.717, 1.165) is 34.5 Å². The van der Waals surface area contributed by atoms with Crippen molar-refractivity contribution in [1.82, 2.24) is 19.9 Å². The first kappa shape index (κ1) is 22.3. The van der Waals surface area contributed by atoms with E-state index in [1.54, 1.807) is 6.20 Å². The molecule has 0 spiro atoms. The third-order valence-corrected chi connectivity index (χ3v) is 6.12. The number of hydrogen-bond acceptors (Lipinski definition) is 3. The Hall–Kier alpha value is -2.89. The molecule has 1 unspecified atom stereocenters. The predicted octanol–water partition coefficient (Wildman–Crippen LogP) is 5.99. The van der Waals surface area contributed by atoms with E-state index in [2.05, 4.69) is 17.2 Å². The fourth-order valence-corrected chi connectivity index (χ4v) is 4.41. The SMILES string of the molecule is CCCC(C(=O)NCc1ccccn1)n1c(Cc2c(Cl)cccc2Cl)nc2ccccc21. The van der Waals surface area contributed by atoms with Gasteiger partial charge in [-0.2, -0.15) is 0 Å². The van der Waals surface area contributed by atoms with E-state index >= 15 is 0 Å². The fraction of sp³-hybridized carbons (Fsp3) is 0.240. The summed E-state index contributed by atoms with van der Waals surface area (Å²) < 4.78 is 2.03. The number of nitrogens with one attached hydrogen (secondary N) is 1. The molecule has 1 N–H and O–H groups in total. The largest absolute Gasteiger partial charge is 0.349 e. The molecule has 0 fully saturated rings. The lowest BCUT2D eigenvalue weighted by Crippen LogP contribution is -2.33. The van der Waals surface area contributed by atoms with Crippen LogP contribution in [0.1, 0.15) is 42.9 Å². The summed E-state index contributed by atoms with van der Waals surface area (Å²) >= 11 is 12.9. The van der Waals surface area contributed by atoms with Crippen LogP contribution in [0.25, 0.3) is 11.0 Å². The lowest BCUT2D eigenvalue weighted by atomic mass is 10.1. The molecule has 0 radical (unpaired) electrons. The van der Waals surface area contributed by atoms with Crippen LogP contribution in [0.15, 0.2) is 66.9 Å². The Labute approximate surface area is 197 Å². The van der Waals surface area contributed by atoms with Crippen molar-refractivity contribution in [3.8, 4) is 0 Å². The average Bonchev–Trinajstić information content (AvgIpc) is 3.17. The first-order valence-electron chi connectivity index (χ1n) is 10.6. The van der Waals surface area contributed by atoms with Gasteiger partial charge in [0.25, 0.3) is 0 Å².